The minimum atomic E-state index is -0.108. The second-order valence-corrected chi connectivity index (χ2v) is 6.74. The second-order valence-electron chi connectivity index (χ2n) is 6.74. The lowest BCUT2D eigenvalue weighted by atomic mass is 10.1. The van der Waals surface area contributed by atoms with E-state index in [1.807, 2.05) is 60.3 Å². The van der Waals surface area contributed by atoms with E-state index < -0.39 is 0 Å². The monoisotopic (exact) mass is 387 g/mol. The maximum atomic E-state index is 12.3. The van der Waals surface area contributed by atoms with Crippen LogP contribution in [-0.4, -0.2) is 32.4 Å². The Bertz CT molecular complexity index is 1080. The van der Waals surface area contributed by atoms with Crippen molar-refractivity contribution in [1.29, 1.82) is 0 Å². The smallest absolute Gasteiger partial charge is 0.251 e. The predicted molar refractivity (Wildman–Crippen MR) is 109 cm³/mol. The van der Waals surface area contributed by atoms with E-state index in [4.69, 9.17) is 4.42 Å². The molecular formula is C22H21N5O2. The number of nitrogens with one attached hydrogen (secondary N) is 1. The molecule has 2 aromatic heterocycles. The highest BCUT2D eigenvalue weighted by atomic mass is 16.4. The van der Waals surface area contributed by atoms with Crippen LogP contribution in [-0.2, 0) is 6.54 Å². The van der Waals surface area contributed by atoms with Gasteiger partial charge in [0.2, 0.25) is 11.8 Å². The molecule has 0 atom stereocenters. The largest absolute Gasteiger partial charge is 0.416 e. The Labute approximate surface area is 168 Å². The number of hydrogen-bond donors (Lipinski definition) is 1. The fourth-order valence-electron chi connectivity index (χ4n) is 2.98. The summed E-state index contributed by atoms with van der Waals surface area (Å²) in [4.78, 5) is 12.3. The van der Waals surface area contributed by atoms with Crippen molar-refractivity contribution in [2.75, 3.05) is 6.54 Å². The molecule has 0 unspecified atom stereocenters. The third kappa shape index (κ3) is 4.57. The summed E-state index contributed by atoms with van der Waals surface area (Å²) in [5.74, 6) is 0.790. The van der Waals surface area contributed by atoms with Gasteiger partial charge in [0.15, 0.2) is 0 Å². The molecule has 7 nitrogen and oxygen atoms in total. The number of carbonyl (C=O) groups excluding carboxylic acids is 1. The number of aryl methyl sites for hydroxylation is 2. The van der Waals surface area contributed by atoms with Gasteiger partial charge in [0.1, 0.15) is 0 Å². The number of benzene rings is 2. The van der Waals surface area contributed by atoms with Crippen LogP contribution in [0.25, 0.3) is 22.9 Å². The van der Waals surface area contributed by atoms with Gasteiger partial charge < -0.3 is 9.73 Å². The van der Waals surface area contributed by atoms with Gasteiger partial charge in [-0.15, -0.1) is 10.2 Å². The van der Waals surface area contributed by atoms with Gasteiger partial charge in [-0.1, -0.05) is 17.7 Å². The molecule has 4 aromatic rings. The van der Waals surface area contributed by atoms with Crippen LogP contribution in [0, 0.1) is 6.92 Å². The van der Waals surface area contributed by atoms with Gasteiger partial charge >= 0.3 is 0 Å². The highest BCUT2D eigenvalue weighted by Gasteiger charge is 2.12. The zero-order valence-corrected chi connectivity index (χ0v) is 16.1. The van der Waals surface area contributed by atoms with Crippen LogP contribution in [0.4, 0.5) is 0 Å². The minimum absolute atomic E-state index is 0.108. The topological polar surface area (TPSA) is 85.8 Å². The first-order valence-electron chi connectivity index (χ1n) is 9.46. The van der Waals surface area contributed by atoms with Crippen LogP contribution in [0.2, 0.25) is 0 Å². The van der Waals surface area contributed by atoms with E-state index in [1.165, 1.54) is 0 Å². The second kappa shape index (κ2) is 8.52. The van der Waals surface area contributed by atoms with Gasteiger partial charge in [-0.25, -0.2) is 0 Å². The van der Waals surface area contributed by atoms with E-state index >= 15 is 0 Å². The van der Waals surface area contributed by atoms with Gasteiger partial charge in [-0.2, -0.15) is 5.10 Å². The third-order valence-corrected chi connectivity index (χ3v) is 4.49. The third-order valence-electron chi connectivity index (χ3n) is 4.49. The van der Waals surface area contributed by atoms with E-state index in [2.05, 4.69) is 20.6 Å². The summed E-state index contributed by atoms with van der Waals surface area (Å²) in [7, 11) is 0. The lowest BCUT2D eigenvalue weighted by Gasteiger charge is -2.06. The first kappa shape index (κ1) is 18.6. The van der Waals surface area contributed by atoms with Crippen LogP contribution in [0.1, 0.15) is 22.3 Å². The number of amides is 1. The molecule has 2 heterocycles. The summed E-state index contributed by atoms with van der Waals surface area (Å²) in [5, 5.41) is 15.3. The molecule has 29 heavy (non-hydrogen) atoms. The molecule has 0 saturated heterocycles. The van der Waals surface area contributed by atoms with E-state index in [1.54, 1.807) is 18.3 Å². The number of rotatable bonds is 7. The Morgan fingerprint density at radius 1 is 1.03 bits per heavy atom. The fourth-order valence-corrected chi connectivity index (χ4v) is 2.98. The molecular weight excluding hydrogens is 366 g/mol. The normalized spacial score (nSPS) is 10.8. The Kier molecular flexibility index (Phi) is 5.47. The van der Waals surface area contributed by atoms with Crippen molar-refractivity contribution >= 4 is 5.91 Å². The molecule has 0 fully saturated rings. The summed E-state index contributed by atoms with van der Waals surface area (Å²) in [6, 6.07) is 16.9. The van der Waals surface area contributed by atoms with E-state index in [9.17, 15) is 4.79 Å². The van der Waals surface area contributed by atoms with Crippen molar-refractivity contribution in [2.24, 2.45) is 0 Å². The molecule has 0 aliphatic heterocycles. The Balaban J connectivity index is 1.35. The van der Waals surface area contributed by atoms with Crippen LogP contribution in [0.3, 0.4) is 0 Å². The summed E-state index contributed by atoms with van der Waals surface area (Å²) < 4.78 is 7.64. The lowest BCUT2D eigenvalue weighted by molar-refractivity contribution is 0.0952. The van der Waals surface area contributed by atoms with E-state index in [0.29, 0.717) is 23.9 Å². The fraction of sp³-hybridized carbons (Fsp3) is 0.182. The zero-order chi connectivity index (χ0) is 20.1. The summed E-state index contributed by atoms with van der Waals surface area (Å²) in [6.45, 7) is 3.37. The van der Waals surface area contributed by atoms with Crippen molar-refractivity contribution in [3.63, 3.8) is 0 Å². The average Bonchev–Trinajstić information content (AvgIpc) is 3.43. The molecule has 4 rings (SSSR count). The first-order chi connectivity index (χ1) is 14.2. The highest BCUT2D eigenvalue weighted by molar-refractivity contribution is 5.94. The van der Waals surface area contributed by atoms with Gasteiger partial charge in [-0.3, -0.25) is 9.48 Å². The van der Waals surface area contributed by atoms with Crippen molar-refractivity contribution in [2.45, 2.75) is 19.9 Å². The standard InChI is InChI=1S/C22H21N5O2/c1-16-5-2-6-19(15-16)22-26-25-21(29-22)18-9-7-17(8-10-18)20(28)23-11-3-13-27-14-4-12-24-27/h2,4-10,12,14-15H,3,11,13H2,1H3,(H,23,28). The molecule has 0 aliphatic carbocycles. The van der Waals surface area contributed by atoms with Crippen molar-refractivity contribution < 1.29 is 9.21 Å². The number of carbonyl (C=O) groups is 1. The molecule has 0 bridgehead atoms. The molecule has 0 aliphatic rings. The Hall–Kier alpha value is -3.74. The van der Waals surface area contributed by atoms with Crippen LogP contribution >= 0.6 is 0 Å². The van der Waals surface area contributed by atoms with Gasteiger partial charge in [0.05, 0.1) is 0 Å². The summed E-state index contributed by atoms with van der Waals surface area (Å²) in [5.41, 5.74) is 3.37. The lowest BCUT2D eigenvalue weighted by Crippen LogP contribution is -2.25. The molecule has 2 aromatic carbocycles. The van der Waals surface area contributed by atoms with Gasteiger partial charge in [0.25, 0.3) is 5.91 Å². The Morgan fingerprint density at radius 3 is 2.55 bits per heavy atom. The quantitative estimate of drug-likeness (QED) is 0.488. The summed E-state index contributed by atoms with van der Waals surface area (Å²) >= 11 is 0. The maximum absolute atomic E-state index is 12.3. The molecule has 1 N–H and O–H groups in total. The van der Waals surface area contributed by atoms with Crippen LogP contribution in [0.5, 0.6) is 0 Å². The molecule has 0 radical (unpaired) electrons. The minimum Gasteiger partial charge on any atom is -0.416 e. The average molecular weight is 387 g/mol. The van der Waals surface area contributed by atoms with Crippen LogP contribution in [0.15, 0.2) is 71.4 Å². The van der Waals surface area contributed by atoms with Crippen LogP contribution < -0.4 is 5.32 Å². The number of hydrogen-bond acceptors (Lipinski definition) is 5. The first-order valence-corrected chi connectivity index (χ1v) is 9.46. The van der Waals surface area contributed by atoms with E-state index in [-0.39, 0.29) is 5.91 Å². The van der Waals surface area contributed by atoms with Crippen molar-refractivity contribution in [1.82, 2.24) is 25.3 Å². The highest BCUT2D eigenvalue weighted by Crippen LogP contribution is 2.24. The van der Waals surface area contributed by atoms with Crippen molar-refractivity contribution in [3.05, 3.63) is 78.1 Å². The molecule has 0 spiro atoms. The molecule has 0 saturated carbocycles. The van der Waals surface area contributed by atoms with E-state index in [0.717, 1.165) is 29.7 Å². The number of nitrogens with zero attached hydrogens (tertiary/aromatic N) is 4. The molecule has 146 valence electrons. The molecule has 7 heteroatoms. The van der Waals surface area contributed by atoms with Crippen molar-refractivity contribution in [3.8, 4) is 22.9 Å². The predicted octanol–water partition coefficient (Wildman–Crippen LogP) is 3.73. The van der Waals surface area contributed by atoms with Gasteiger partial charge in [-0.05, 0) is 55.8 Å². The maximum Gasteiger partial charge on any atom is 0.251 e. The Morgan fingerprint density at radius 2 is 1.83 bits per heavy atom. The zero-order valence-electron chi connectivity index (χ0n) is 16.1. The molecule has 1 amide bonds. The summed E-state index contributed by atoms with van der Waals surface area (Å²) in [6.07, 6.45) is 4.46. The SMILES string of the molecule is Cc1cccc(-c2nnc(-c3ccc(C(=O)NCCCn4cccn4)cc3)o2)c1. The number of aromatic nitrogens is 4. The van der Waals surface area contributed by atoms with Gasteiger partial charge in [0, 0.05) is 42.2 Å².